The van der Waals surface area contributed by atoms with Crippen LogP contribution in [-0.4, -0.2) is 87.8 Å². The minimum atomic E-state index is -0.422. The highest BCUT2D eigenvalue weighted by Gasteiger charge is 2.44. The molecule has 0 radical (unpaired) electrons. The third-order valence-corrected chi connectivity index (χ3v) is 10.6. The van der Waals surface area contributed by atoms with Gasteiger partial charge in [0.2, 0.25) is 11.8 Å². The first kappa shape index (κ1) is 29.8. The van der Waals surface area contributed by atoms with E-state index in [1.807, 2.05) is 51.1 Å². The summed E-state index contributed by atoms with van der Waals surface area (Å²) in [6, 6.07) is 16.2. The first-order valence-corrected chi connectivity index (χ1v) is 16.6. The van der Waals surface area contributed by atoms with Gasteiger partial charge in [0, 0.05) is 70.1 Å². The Morgan fingerprint density at radius 2 is 1.70 bits per heavy atom. The van der Waals surface area contributed by atoms with Gasteiger partial charge in [-0.1, -0.05) is 50.2 Å². The molecule has 0 spiro atoms. The molecule has 6 rings (SSSR count). The summed E-state index contributed by atoms with van der Waals surface area (Å²) < 4.78 is 0. The third kappa shape index (κ3) is 6.36. The van der Waals surface area contributed by atoms with Crippen LogP contribution in [0.25, 0.3) is 0 Å². The summed E-state index contributed by atoms with van der Waals surface area (Å²) in [6.45, 7) is 8.22. The number of aliphatic hydroxyl groups excluding tert-OH is 1. The number of hydrogen-bond donors (Lipinski definition) is 2. The molecule has 4 heterocycles. The van der Waals surface area contributed by atoms with Crippen LogP contribution in [0, 0.1) is 5.92 Å². The lowest BCUT2D eigenvalue weighted by atomic mass is 10.0. The summed E-state index contributed by atoms with van der Waals surface area (Å²) in [6.07, 6.45) is 2.88. The van der Waals surface area contributed by atoms with E-state index >= 15 is 0 Å². The van der Waals surface area contributed by atoms with Gasteiger partial charge in [-0.2, -0.15) is 0 Å². The second-order valence-electron chi connectivity index (χ2n) is 12.7. The molecular formula is C33H45N5O4S. The third-order valence-electron chi connectivity index (χ3n) is 9.18. The number of thioether (sulfide) groups is 1. The fourth-order valence-electron chi connectivity index (χ4n) is 6.87. The largest absolute Gasteiger partial charge is 0.393 e. The van der Waals surface area contributed by atoms with E-state index < -0.39 is 5.25 Å². The molecule has 43 heavy (non-hydrogen) atoms. The van der Waals surface area contributed by atoms with Gasteiger partial charge in [-0.15, -0.1) is 11.8 Å². The molecule has 4 amide bonds. The van der Waals surface area contributed by atoms with Gasteiger partial charge in [0.15, 0.2) is 0 Å². The zero-order valence-corrected chi connectivity index (χ0v) is 26.0. The van der Waals surface area contributed by atoms with E-state index in [0.29, 0.717) is 32.1 Å². The van der Waals surface area contributed by atoms with Crippen LogP contribution in [0.5, 0.6) is 0 Å². The second kappa shape index (κ2) is 12.8. The zero-order valence-electron chi connectivity index (χ0n) is 25.2. The van der Waals surface area contributed by atoms with Crippen molar-refractivity contribution in [3.63, 3.8) is 0 Å². The Balaban J connectivity index is 0.00000384. The van der Waals surface area contributed by atoms with Crippen molar-refractivity contribution in [2.45, 2.75) is 75.3 Å². The molecule has 3 saturated heterocycles. The molecule has 0 aliphatic carbocycles. The number of benzene rings is 2. The van der Waals surface area contributed by atoms with Crippen LogP contribution in [0.3, 0.4) is 0 Å². The number of fused-ring (bicyclic) bond motifs is 1. The number of piperidine rings is 2. The number of amides is 4. The molecule has 0 aromatic heterocycles. The van der Waals surface area contributed by atoms with Crippen molar-refractivity contribution in [1.29, 1.82) is 0 Å². The van der Waals surface area contributed by atoms with Crippen LogP contribution in [0.4, 0.5) is 16.2 Å². The Morgan fingerprint density at radius 3 is 2.44 bits per heavy atom. The van der Waals surface area contributed by atoms with E-state index in [1.54, 1.807) is 11.8 Å². The number of carbonyl (C=O) groups is 3. The molecule has 0 bridgehead atoms. The zero-order chi connectivity index (χ0) is 30.1. The fourth-order valence-corrected chi connectivity index (χ4v) is 8.35. The predicted octanol–water partition coefficient (Wildman–Crippen LogP) is 4.92. The molecular weight excluding hydrogens is 562 g/mol. The number of nitrogens with zero attached hydrogens (tertiary/aromatic N) is 4. The number of likely N-dealkylation sites (tertiary alicyclic amines) is 1. The van der Waals surface area contributed by atoms with Crippen molar-refractivity contribution in [2.24, 2.45) is 5.92 Å². The van der Waals surface area contributed by atoms with E-state index in [4.69, 9.17) is 0 Å². The molecule has 10 heteroatoms. The van der Waals surface area contributed by atoms with Gasteiger partial charge >= 0.3 is 6.03 Å². The van der Waals surface area contributed by atoms with E-state index in [1.165, 1.54) is 0 Å². The van der Waals surface area contributed by atoms with Gasteiger partial charge < -0.3 is 30.0 Å². The van der Waals surface area contributed by atoms with Gasteiger partial charge in [-0.3, -0.25) is 9.59 Å². The average Bonchev–Trinajstić information content (AvgIpc) is 3.30. The number of aliphatic hydroxyl groups is 1. The Labute approximate surface area is 260 Å². The van der Waals surface area contributed by atoms with E-state index in [9.17, 15) is 19.5 Å². The van der Waals surface area contributed by atoms with E-state index in [2.05, 4.69) is 36.2 Å². The van der Waals surface area contributed by atoms with Crippen LogP contribution in [0.1, 0.15) is 63.9 Å². The summed E-state index contributed by atoms with van der Waals surface area (Å²) in [5.74, 6) is 0.359. The number of rotatable bonds is 7. The SMILES string of the molecule is CC(C)CN1C(=O)C(CC(=O)N2CCC(N3Cc4ccccc4NC3=O)CC2)SC1c1ccccc1N1CCC(O)CC1.[HH]. The minimum Gasteiger partial charge on any atom is -0.393 e. The summed E-state index contributed by atoms with van der Waals surface area (Å²) >= 11 is 1.60. The van der Waals surface area contributed by atoms with Crippen molar-refractivity contribution < 1.29 is 20.9 Å². The molecule has 0 saturated carbocycles. The Bertz CT molecular complexity index is 1340. The van der Waals surface area contributed by atoms with Crippen molar-refractivity contribution in [3.8, 4) is 0 Å². The maximum atomic E-state index is 13.8. The first-order valence-electron chi connectivity index (χ1n) is 15.7. The molecule has 4 aliphatic heterocycles. The van der Waals surface area contributed by atoms with Crippen LogP contribution >= 0.6 is 11.8 Å². The highest BCUT2D eigenvalue weighted by molar-refractivity contribution is 8.01. The molecule has 2 N–H and O–H groups in total. The average molecular weight is 608 g/mol. The standard InChI is InChI=1S/C33H43N5O4S.H2/c1-22(2)20-38-31(41)29(43-32(38)26-8-4-6-10-28(26)35-17-13-25(39)14-18-35)19-30(40)36-15-11-24(12-16-36)37-21-23-7-3-5-9-27(23)34-33(37)42;/h3-10,22,24-25,29,32,39H,11-21H2,1-2H3,(H,34,42);1H. The summed E-state index contributed by atoms with van der Waals surface area (Å²) in [5.41, 5.74) is 4.21. The fraction of sp³-hybridized carbons (Fsp3) is 0.545. The number of anilines is 2. The molecule has 4 aliphatic rings. The molecule has 2 aromatic rings. The van der Waals surface area contributed by atoms with E-state index in [0.717, 1.165) is 61.3 Å². The van der Waals surface area contributed by atoms with Crippen LogP contribution in [0.2, 0.25) is 0 Å². The summed E-state index contributed by atoms with van der Waals surface area (Å²) in [4.78, 5) is 48.2. The monoisotopic (exact) mass is 607 g/mol. The van der Waals surface area contributed by atoms with Gasteiger partial charge in [0.05, 0.1) is 11.4 Å². The van der Waals surface area contributed by atoms with Crippen LogP contribution in [0.15, 0.2) is 48.5 Å². The maximum Gasteiger partial charge on any atom is 0.322 e. The molecule has 3 fully saturated rings. The van der Waals surface area contributed by atoms with Gasteiger partial charge in [-0.25, -0.2) is 4.79 Å². The highest BCUT2D eigenvalue weighted by atomic mass is 32.2. The lowest BCUT2D eigenvalue weighted by Gasteiger charge is -2.40. The lowest BCUT2D eigenvalue weighted by Crippen LogP contribution is -2.51. The maximum absolute atomic E-state index is 13.8. The summed E-state index contributed by atoms with van der Waals surface area (Å²) in [7, 11) is 0. The Morgan fingerprint density at radius 1 is 1.00 bits per heavy atom. The molecule has 2 unspecified atom stereocenters. The minimum absolute atomic E-state index is 0. The number of urea groups is 1. The molecule has 9 nitrogen and oxygen atoms in total. The number of nitrogens with one attached hydrogen (secondary N) is 1. The molecule has 232 valence electrons. The number of carbonyl (C=O) groups excluding carboxylic acids is 3. The quantitative estimate of drug-likeness (QED) is 0.464. The smallest absolute Gasteiger partial charge is 0.322 e. The van der Waals surface area contributed by atoms with Crippen LogP contribution in [-0.2, 0) is 16.1 Å². The Kier molecular flexibility index (Phi) is 8.86. The highest BCUT2D eigenvalue weighted by Crippen LogP contribution is 2.48. The van der Waals surface area contributed by atoms with Gasteiger partial charge in [-0.05, 0) is 49.3 Å². The number of para-hydroxylation sites is 2. The van der Waals surface area contributed by atoms with Gasteiger partial charge in [0.1, 0.15) is 5.37 Å². The van der Waals surface area contributed by atoms with Crippen molar-refractivity contribution in [3.05, 3.63) is 59.7 Å². The van der Waals surface area contributed by atoms with Crippen molar-refractivity contribution >= 4 is 41.0 Å². The topological polar surface area (TPSA) is 96.4 Å². The summed E-state index contributed by atoms with van der Waals surface area (Å²) in [5, 5.41) is 12.5. The van der Waals surface area contributed by atoms with Crippen LogP contribution < -0.4 is 10.2 Å². The van der Waals surface area contributed by atoms with Crippen molar-refractivity contribution in [1.82, 2.24) is 14.7 Å². The number of hydrogen-bond acceptors (Lipinski definition) is 6. The van der Waals surface area contributed by atoms with Gasteiger partial charge in [0.25, 0.3) is 0 Å². The normalized spacial score (nSPS) is 23.6. The van der Waals surface area contributed by atoms with Crippen molar-refractivity contribution in [2.75, 3.05) is 42.9 Å². The van der Waals surface area contributed by atoms with E-state index in [-0.39, 0.29) is 43.2 Å². The lowest BCUT2D eigenvalue weighted by molar-refractivity contribution is -0.137. The molecule has 2 atom stereocenters. The second-order valence-corrected chi connectivity index (χ2v) is 14.0. The Hall–Kier alpha value is -3.24. The first-order chi connectivity index (χ1) is 20.8. The molecule has 2 aromatic carbocycles. The predicted molar refractivity (Wildman–Crippen MR) is 172 cm³/mol.